The molecule has 0 atom stereocenters. The molecule has 0 saturated heterocycles. The summed E-state index contributed by atoms with van der Waals surface area (Å²) >= 11 is 1.60. The monoisotopic (exact) mass is 231 g/mol. The average Bonchev–Trinajstić information content (AvgIpc) is 2.88. The zero-order chi connectivity index (χ0) is 11.2. The minimum atomic E-state index is 0.00634. The van der Waals surface area contributed by atoms with Crippen LogP contribution in [0.25, 0.3) is 11.0 Å². The first-order valence-electron chi connectivity index (χ1n) is 4.66. The second-order valence-corrected chi connectivity index (χ2v) is 3.71. The molecular formula is C12H9NO2S. The van der Waals surface area contributed by atoms with E-state index < -0.39 is 0 Å². The van der Waals surface area contributed by atoms with Crippen LogP contribution in [-0.4, -0.2) is 4.98 Å². The number of benzene rings is 1. The van der Waals surface area contributed by atoms with E-state index in [-0.39, 0.29) is 5.43 Å². The molecule has 0 aliphatic rings. The van der Waals surface area contributed by atoms with Gasteiger partial charge in [-0.1, -0.05) is 12.1 Å². The maximum atomic E-state index is 11.1. The fourth-order valence-corrected chi connectivity index (χ4v) is 1.56. The number of fused-ring (bicyclic) bond motifs is 1. The minimum absolute atomic E-state index is 0.00634. The van der Waals surface area contributed by atoms with Crippen molar-refractivity contribution in [2.75, 3.05) is 0 Å². The summed E-state index contributed by atoms with van der Waals surface area (Å²) in [6, 6.07) is 8.60. The van der Waals surface area contributed by atoms with Crippen LogP contribution >= 0.6 is 11.3 Å². The van der Waals surface area contributed by atoms with Crippen LogP contribution in [0.5, 0.6) is 0 Å². The normalized spacial score (nSPS) is 9.50. The van der Waals surface area contributed by atoms with Crippen LogP contribution in [-0.2, 0) is 0 Å². The topological polar surface area (TPSA) is 43.1 Å². The number of hydrogen-bond donors (Lipinski definition) is 0. The van der Waals surface area contributed by atoms with Crippen molar-refractivity contribution in [3.8, 4) is 0 Å². The van der Waals surface area contributed by atoms with Crippen LogP contribution in [0.4, 0.5) is 0 Å². The van der Waals surface area contributed by atoms with Crippen LogP contribution in [0.3, 0.4) is 0 Å². The van der Waals surface area contributed by atoms with Crippen molar-refractivity contribution >= 4 is 22.3 Å². The molecule has 0 amide bonds. The second kappa shape index (κ2) is 5.23. The quantitative estimate of drug-likeness (QED) is 0.597. The van der Waals surface area contributed by atoms with E-state index >= 15 is 0 Å². The molecule has 0 N–H and O–H groups in total. The van der Waals surface area contributed by atoms with Crippen molar-refractivity contribution in [3.05, 3.63) is 63.9 Å². The molecule has 1 aromatic carbocycles. The van der Waals surface area contributed by atoms with Crippen molar-refractivity contribution in [3.63, 3.8) is 0 Å². The summed E-state index contributed by atoms with van der Waals surface area (Å²) in [5, 5.41) is 2.56. The van der Waals surface area contributed by atoms with Crippen LogP contribution in [0.1, 0.15) is 0 Å². The van der Waals surface area contributed by atoms with E-state index in [1.807, 2.05) is 17.5 Å². The second-order valence-electron chi connectivity index (χ2n) is 2.96. The van der Waals surface area contributed by atoms with Gasteiger partial charge in [-0.25, -0.2) is 0 Å². The number of thiazole rings is 1. The smallest absolute Gasteiger partial charge is 0.192 e. The third-order valence-corrected chi connectivity index (χ3v) is 2.44. The molecule has 0 bridgehead atoms. The molecule has 0 spiro atoms. The summed E-state index contributed by atoms with van der Waals surface area (Å²) in [5.74, 6) is 0. The van der Waals surface area contributed by atoms with E-state index in [0.717, 1.165) is 0 Å². The lowest BCUT2D eigenvalue weighted by atomic mass is 10.2. The largest absolute Gasteiger partial charge is 0.464 e. The van der Waals surface area contributed by atoms with Gasteiger partial charge >= 0.3 is 0 Å². The molecule has 0 saturated carbocycles. The van der Waals surface area contributed by atoms with E-state index in [2.05, 4.69) is 4.98 Å². The number of aromatic nitrogens is 1. The van der Waals surface area contributed by atoms with Crippen molar-refractivity contribution in [1.82, 2.24) is 4.98 Å². The molecule has 2 heterocycles. The van der Waals surface area contributed by atoms with Crippen molar-refractivity contribution in [2.24, 2.45) is 0 Å². The predicted molar refractivity (Wildman–Crippen MR) is 64.6 cm³/mol. The Hall–Kier alpha value is -1.94. The minimum Gasteiger partial charge on any atom is -0.464 e. The van der Waals surface area contributed by atoms with Crippen LogP contribution in [0.2, 0.25) is 0 Å². The highest BCUT2D eigenvalue weighted by molar-refractivity contribution is 7.07. The lowest BCUT2D eigenvalue weighted by molar-refractivity contribution is 0.602. The zero-order valence-corrected chi connectivity index (χ0v) is 9.18. The predicted octanol–water partition coefficient (Wildman–Crippen LogP) is 2.94. The Morgan fingerprint density at radius 3 is 2.69 bits per heavy atom. The van der Waals surface area contributed by atoms with E-state index in [1.165, 1.54) is 12.3 Å². The highest BCUT2D eigenvalue weighted by Gasteiger charge is 1.95. The lowest BCUT2D eigenvalue weighted by Gasteiger charge is -1.91. The maximum Gasteiger partial charge on any atom is 0.192 e. The van der Waals surface area contributed by atoms with Gasteiger partial charge in [-0.15, -0.1) is 11.3 Å². The Kier molecular flexibility index (Phi) is 3.46. The standard InChI is InChI=1S/C9H6O2.C3H3NS/c10-8-5-6-11-9-4-2-1-3-7(8)9;1-2-5-3-4-1/h1-6H;1-3H. The van der Waals surface area contributed by atoms with Gasteiger partial charge in [-0.05, 0) is 12.1 Å². The van der Waals surface area contributed by atoms with Gasteiger partial charge < -0.3 is 4.42 Å². The van der Waals surface area contributed by atoms with Gasteiger partial charge in [0.15, 0.2) is 5.43 Å². The Morgan fingerprint density at radius 1 is 1.19 bits per heavy atom. The number of nitrogens with zero attached hydrogens (tertiary/aromatic N) is 1. The number of para-hydroxylation sites is 1. The third-order valence-electron chi connectivity index (χ3n) is 1.91. The lowest BCUT2D eigenvalue weighted by Crippen LogP contribution is -1.96. The van der Waals surface area contributed by atoms with E-state index in [1.54, 1.807) is 35.2 Å². The molecule has 0 aliphatic carbocycles. The summed E-state index contributed by atoms with van der Waals surface area (Å²) in [7, 11) is 0. The molecular weight excluding hydrogens is 222 g/mol. The molecule has 2 aromatic heterocycles. The van der Waals surface area contributed by atoms with Crippen LogP contribution in [0, 0.1) is 0 Å². The van der Waals surface area contributed by atoms with E-state index in [9.17, 15) is 4.79 Å². The Labute approximate surface area is 96.0 Å². The Bertz CT molecular complexity index is 579. The summed E-state index contributed by atoms with van der Waals surface area (Å²) in [6.45, 7) is 0. The van der Waals surface area contributed by atoms with Crippen molar-refractivity contribution in [1.29, 1.82) is 0 Å². The van der Waals surface area contributed by atoms with Gasteiger partial charge in [0.25, 0.3) is 0 Å². The molecule has 0 radical (unpaired) electrons. The molecule has 0 unspecified atom stereocenters. The highest BCUT2D eigenvalue weighted by Crippen LogP contribution is 2.06. The third kappa shape index (κ3) is 2.55. The molecule has 16 heavy (non-hydrogen) atoms. The van der Waals surface area contributed by atoms with Gasteiger partial charge in [-0.3, -0.25) is 9.78 Å². The van der Waals surface area contributed by atoms with Gasteiger partial charge in [0, 0.05) is 17.6 Å². The fourth-order valence-electron chi connectivity index (χ4n) is 1.21. The first-order valence-corrected chi connectivity index (χ1v) is 5.61. The molecule has 3 nitrogen and oxygen atoms in total. The molecule has 4 heteroatoms. The van der Waals surface area contributed by atoms with Gasteiger partial charge in [0.2, 0.25) is 0 Å². The summed E-state index contributed by atoms with van der Waals surface area (Å²) in [6.07, 6.45) is 3.18. The molecule has 80 valence electrons. The zero-order valence-electron chi connectivity index (χ0n) is 8.37. The Balaban J connectivity index is 0.000000162. The van der Waals surface area contributed by atoms with Gasteiger partial charge in [0.1, 0.15) is 5.58 Å². The van der Waals surface area contributed by atoms with Crippen molar-refractivity contribution < 1.29 is 4.42 Å². The number of hydrogen-bond acceptors (Lipinski definition) is 4. The first kappa shape index (κ1) is 10.6. The summed E-state index contributed by atoms with van der Waals surface area (Å²) < 4.78 is 5.09. The number of rotatable bonds is 0. The first-order chi connectivity index (χ1) is 7.88. The van der Waals surface area contributed by atoms with E-state index in [0.29, 0.717) is 11.0 Å². The SMILES string of the molecule is O=c1ccoc2ccccc12.c1cscn1. The van der Waals surface area contributed by atoms with Crippen molar-refractivity contribution in [2.45, 2.75) is 0 Å². The molecule has 3 aromatic rings. The summed E-state index contributed by atoms with van der Waals surface area (Å²) in [4.78, 5) is 14.9. The molecule has 0 fully saturated rings. The molecule has 0 aliphatic heterocycles. The van der Waals surface area contributed by atoms with Crippen LogP contribution in [0.15, 0.2) is 62.9 Å². The summed E-state index contributed by atoms with van der Waals surface area (Å²) in [5.41, 5.74) is 2.44. The van der Waals surface area contributed by atoms with Gasteiger partial charge in [0.05, 0.1) is 17.2 Å². The molecule has 3 rings (SSSR count). The van der Waals surface area contributed by atoms with E-state index in [4.69, 9.17) is 4.42 Å². The highest BCUT2D eigenvalue weighted by atomic mass is 32.1. The van der Waals surface area contributed by atoms with Gasteiger partial charge in [-0.2, -0.15) is 0 Å². The van der Waals surface area contributed by atoms with Crippen LogP contribution < -0.4 is 5.43 Å². The Morgan fingerprint density at radius 2 is 2.06 bits per heavy atom. The maximum absolute atomic E-state index is 11.1. The average molecular weight is 231 g/mol. The fraction of sp³-hybridized carbons (Fsp3) is 0.